The van der Waals surface area contributed by atoms with Crippen LogP contribution in [0.25, 0.3) is 0 Å². The van der Waals surface area contributed by atoms with Crippen molar-refractivity contribution >= 4 is 17.6 Å². The lowest BCUT2D eigenvalue weighted by Crippen LogP contribution is -2.38. The summed E-state index contributed by atoms with van der Waals surface area (Å²) in [4.78, 5) is 22.9. The van der Waals surface area contributed by atoms with E-state index < -0.39 is 0 Å². The Bertz CT molecular complexity index is 441. The number of anilines is 1. The second kappa shape index (κ2) is 8.19. The summed E-state index contributed by atoms with van der Waals surface area (Å²) in [6.45, 7) is 6.57. The van der Waals surface area contributed by atoms with E-state index in [0.29, 0.717) is 13.1 Å². The highest BCUT2D eigenvalue weighted by Crippen LogP contribution is 2.09. The van der Waals surface area contributed by atoms with E-state index in [4.69, 9.17) is 0 Å². The van der Waals surface area contributed by atoms with Crippen molar-refractivity contribution < 1.29 is 9.59 Å². The summed E-state index contributed by atoms with van der Waals surface area (Å²) in [5.74, 6) is -0.0525. The standard InChI is InChI=1S/C15H23N3O2/c1-4-12-5-7-13(8-6-12)18-15(20)17-10-9-16-14(19)11(2)3/h5-8,11H,4,9-10H2,1-3H3,(H,16,19)(H2,17,18,20). The molecule has 0 spiro atoms. The van der Waals surface area contributed by atoms with E-state index in [-0.39, 0.29) is 17.9 Å². The second-order valence-corrected chi connectivity index (χ2v) is 4.88. The molecule has 0 aliphatic carbocycles. The van der Waals surface area contributed by atoms with Crippen molar-refractivity contribution in [2.24, 2.45) is 5.92 Å². The summed E-state index contributed by atoms with van der Waals surface area (Å²) in [6.07, 6.45) is 0.974. The molecule has 5 nitrogen and oxygen atoms in total. The fraction of sp³-hybridized carbons (Fsp3) is 0.467. The Morgan fingerprint density at radius 3 is 2.20 bits per heavy atom. The van der Waals surface area contributed by atoms with E-state index in [9.17, 15) is 9.59 Å². The van der Waals surface area contributed by atoms with Gasteiger partial charge in [-0.2, -0.15) is 0 Å². The molecule has 5 heteroatoms. The Kier molecular flexibility index (Phi) is 6.56. The van der Waals surface area contributed by atoms with Crippen molar-refractivity contribution in [1.29, 1.82) is 0 Å². The molecule has 1 aromatic carbocycles. The van der Waals surface area contributed by atoms with Crippen LogP contribution in [0.15, 0.2) is 24.3 Å². The number of hydrogen-bond donors (Lipinski definition) is 3. The lowest BCUT2D eigenvalue weighted by atomic mass is 10.1. The monoisotopic (exact) mass is 277 g/mol. The third-order valence-corrected chi connectivity index (χ3v) is 2.85. The molecule has 0 heterocycles. The molecule has 0 radical (unpaired) electrons. The van der Waals surface area contributed by atoms with Crippen LogP contribution >= 0.6 is 0 Å². The lowest BCUT2D eigenvalue weighted by molar-refractivity contribution is -0.123. The summed E-state index contributed by atoms with van der Waals surface area (Å²) in [7, 11) is 0. The highest BCUT2D eigenvalue weighted by molar-refractivity contribution is 5.89. The number of aryl methyl sites for hydroxylation is 1. The van der Waals surface area contributed by atoms with Gasteiger partial charge < -0.3 is 16.0 Å². The average molecular weight is 277 g/mol. The molecular weight excluding hydrogens is 254 g/mol. The summed E-state index contributed by atoms with van der Waals surface area (Å²) >= 11 is 0. The van der Waals surface area contributed by atoms with E-state index in [0.717, 1.165) is 12.1 Å². The van der Waals surface area contributed by atoms with Gasteiger partial charge in [0.1, 0.15) is 0 Å². The van der Waals surface area contributed by atoms with E-state index in [1.807, 2.05) is 38.1 Å². The summed E-state index contributed by atoms with van der Waals surface area (Å²) in [6, 6.07) is 7.45. The number of hydrogen-bond acceptors (Lipinski definition) is 2. The van der Waals surface area contributed by atoms with E-state index >= 15 is 0 Å². The van der Waals surface area contributed by atoms with Crippen LogP contribution in [-0.2, 0) is 11.2 Å². The van der Waals surface area contributed by atoms with Crippen molar-refractivity contribution in [2.45, 2.75) is 27.2 Å². The van der Waals surface area contributed by atoms with Gasteiger partial charge in [0.25, 0.3) is 0 Å². The molecule has 1 rings (SSSR count). The maximum atomic E-state index is 11.6. The van der Waals surface area contributed by atoms with Crippen molar-refractivity contribution in [2.75, 3.05) is 18.4 Å². The number of rotatable bonds is 6. The van der Waals surface area contributed by atoms with Crippen LogP contribution in [-0.4, -0.2) is 25.0 Å². The first-order valence-electron chi connectivity index (χ1n) is 6.94. The molecule has 3 amide bonds. The smallest absolute Gasteiger partial charge is 0.319 e. The molecule has 20 heavy (non-hydrogen) atoms. The van der Waals surface area contributed by atoms with Crippen LogP contribution in [0, 0.1) is 5.92 Å². The van der Waals surface area contributed by atoms with Crippen LogP contribution in [0.1, 0.15) is 26.3 Å². The van der Waals surface area contributed by atoms with Crippen LogP contribution in [0.3, 0.4) is 0 Å². The number of carbonyl (C=O) groups is 2. The van der Waals surface area contributed by atoms with Crippen molar-refractivity contribution in [3.05, 3.63) is 29.8 Å². The molecule has 1 aromatic rings. The zero-order valence-electron chi connectivity index (χ0n) is 12.3. The minimum atomic E-state index is -0.270. The number of carbonyl (C=O) groups excluding carboxylic acids is 2. The Labute approximate surface area is 120 Å². The van der Waals surface area contributed by atoms with Crippen molar-refractivity contribution in [3.8, 4) is 0 Å². The molecule has 0 aromatic heterocycles. The summed E-state index contributed by atoms with van der Waals surface area (Å²) in [5, 5.41) is 8.17. The molecule has 0 saturated heterocycles. The van der Waals surface area contributed by atoms with Crippen molar-refractivity contribution in [3.63, 3.8) is 0 Å². The van der Waals surface area contributed by atoms with Gasteiger partial charge in [-0.05, 0) is 24.1 Å². The fourth-order valence-electron chi connectivity index (χ4n) is 1.56. The molecule has 0 unspecified atom stereocenters. The predicted octanol–water partition coefficient (Wildman–Crippen LogP) is 2.14. The Morgan fingerprint density at radius 1 is 1.05 bits per heavy atom. The predicted molar refractivity (Wildman–Crippen MR) is 80.7 cm³/mol. The van der Waals surface area contributed by atoms with Crippen LogP contribution in [0.5, 0.6) is 0 Å². The molecule has 0 fully saturated rings. The molecule has 0 saturated carbocycles. The number of benzene rings is 1. The van der Waals surface area contributed by atoms with Gasteiger partial charge in [0, 0.05) is 24.7 Å². The Hall–Kier alpha value is -2.04. The first kappa shape index (κ1) is 16.0. The van der Waals surface area contributed by atoms with E-state index in [1.54, 1.807) is 0 Å². The molecule has 0 aliphatic heterocycles. The topological polar surface area (TPSA) is 70.2 Å². The van der Waals surface area contributed by atoms with Crippen LogP contribution < -0.4 is 16.0 Å². The second-order valence-electron chi connectivity index (χ2n) is 4.88. The summed E-state index contributed by atoms with van der Waals surface area (Å²) in [5.41, 5.74) is 1.98. The highest BCUT2D eigenvalue weighted by Gasteiger charge is 2.05. The van der Waals surface area contributed by atoms with Crippen LogP contribution in [0.2, 0.25) is 0 Å². The average Bonchev–Trinajstić information content (AvgIpc) is 2.44. The van der Waals surface area contributed by atoms with E-state index in [1.165, 1.54) is 5.56 Å². The van der Waals surface area contributed by atoms with Gasteiger partial charge in [-0.3, -0.25) is 4.79 Å². The van der Waals surface area contributed by atoms with Gasteiger partial charge in [-0.25, -0.2) is 4.79 Å². The Balaban J connectivity index is 2.24. The summed E-state index contributed by atoms with van der Waals surface area (Å²) < 4.78 is 0. The van der Waals surface area contributed by atoms with Gasteiger partial charge in [0.05, 0.1) is 0 Å². The van der Waals surface area contributed by atoms with Gasteiger partial charge in [-0.15, -0.1) is 0 Å². The Morgan fingerprint density at radius 2 is 1.65 bits per heavy atom. The zero-order chi connectivity index (χ0) is 15.0. The SMILES string of the molecule is CCc1ccc(NC(=O)NCCNC(=O)C(C)C)cc1. The molecule has 0 bridgehead atoms. The first-order valence-corrected chi connectivity index (χ1v) is 6.94. The zero-order valence-corrected chi connectivity index (χ0v) is 12.3. The number of amides is 3. The normalized spacial score (nSPS) is 10.2. The van der Waals surface area contributed by atoms with Gasteiger partial charge in [0.15, 0.2) is 0 Å². The van der Waals surface area contributed by atoms with E-state index in [2.05, 4.69) is 22.9 Å². The minimum Gasteiger partial charge on any atom is -0.354 e. The molecule has 0 aliphatic rings. The van der Waals surface area contributed by atoms with Gasteiger partial charge in [-0.1, -0.05) is 32.9 Å². The third-order valence-electron chi connectivity index (χ3n) is 2.85. The maximum Gasteiger partial charge on any atom is 0.319 e. The van der Waals surface area contributed by atoms with Gasteiger partial charge in [0.2, 0.25) is 5.91 Å². The molecular formula is C15H23N3O2. The molecule has 110 valence electrons. The molecule has 0 atom stereocenters. The fourth-order valence-corrected chi connectivity index (χ4v) is 1.56. The largest absolute Gasteiger partial charge is 0.354 e. The highest BCUT2D eigenvalue weighted by atomic mass is 16.2. The number of urea groups is 1. The quantitative estimate of drug-likeness (QED) is 0.697. The van der Waals surface area contributed by atoms with Gasteiger partial charge >= 0.3 is 6.03 Å². The van der Waals surface area contributed by atoms with Crippen LogP contribution in [0.4, 0.5) is 10.5 Å². The minimum absolute atomic E-state index is 0.0117. The first-order chi connectivity index (χ1) is 9.52. The number of nitrogens with one attached hydrogen (secondary N) is 3. The van der Waals surface area contributed by atoms with Crippen molar-refractivity contribution in [1.82, 2.24) is 10.6 Å². The lowest BCUT2D eigenvalue weighted by Gasteiger charge is -2.10. The maximum absolute atomic E-state index is 11.6. The third kappa shape index (κ3) is 5.73. The molecule has 3 N–H and O–H groups in total.